The summed E-state index contributed by atoms with van der Waals surface area (Å²) in [6.07, 6.45) is 3.45. The van der Waals surface area contributed by atoms with E-state index in [2.05, 4.69) is 0 Å². The second-order valence-electron chi connectivity index (χ2n) is 4.19. The van der Waals surface area contributed by atoms with Gasteiger partial charge in [-0.05, 0) is 5.56 Å². The molecule has 0 aliphatic heterocycles. The molecule has 0 amide bonds. The minimum absolute atomic E-state index is 0.209. The number of nitrogens with zero attached hydrogens (tertiary/aromatic N) is 1. The number of benzene rings is 1. The number of hydrogen-bond donors (Lipinski definition) is 2. The predicted molar refractivity (Wildman–Crippen MR) is 67.9 cm³/mol. The van der Waals surface area contributed by atoms with Crippen LogP contribution in [0.4, 0.5) is 0 Å². The van der Waals surface area contributed by atoms with Crippen LogP contribution in [0.15, 0.2) is 54.9 Å². The van der Waals surface area contributed by atoms with Crippen LogP contribution in [0.5, 0.6) is 0 Å². The number of aromatic nitrogens is 1. The van der Waals surface area contributed by atoms with Gasteiger partial charge in [-0.1, -0.05) is 30.3 Å². The van der Waals surface area contributed by atoms with Crippen LogP contribution in [0, 0.1) is 0 Å². The smallest absolute Gasteiger partial charge is 0.324 e. The van der Waals surface area contributed by atoms with Gasteiger partial charge in [0.05, 0.1) is 6.16 Å². The molecule has 94 valence electrons. The van der Waals surface area contributed by atoms with Crippen LogP contribution in [-0.2, 0) is 17.3 Å². The van der Waals surface area contributed by atoms with Gasteiger partial charge in [0.15, 0.2) is 18.9 Å². The number of rotatable bonds is 4. The monoisotopic (exact) mass is 264 g/mol. The SMILES string of the molecule is O=P(O)(O)Cc1cc[n+](Cc2ccccc2)cc1. The number of hydrogen-bond acceptors (Lipinski definition) is 1. The minimum atomic E-state index is -3.98. The zero-order chi connectivity index (χ0) is 13.0. The summed E-state index contributed by atoms with van der Waals surface area (Å²) >= 11 is 0. The van der Waals surface area contributed by atoms with E-state index in [-0.39, 0.29) is 6.16 Å². The molecule has 1 heterocycles. The first-order chi connectivity index (χ1) is 8.53. The van der Waals surface area contributed by atoms with Crippen molar-refractivity contribution in [3.05, 3.63) is 66.0 Å². The largest absolute Gasteiger partial charge is 0.329 e. The zero-order valence-electron chi connectivity index (χ0n) is 9.81. The van der Waals surface area contributed by atoms with Crippen molar-refractivity contribution >= 4 is 7.60 Å². The maximum absolute atomic E-state index is 10.9. The maximum Gasteiger partial charge on any atom is 0.329 e. The summed E-state index contributed by atoms with van der Waals surface area (Å²) in [5.41, 5.74) is 1.83. The fourth-order valence-corrected chi connectivity index (χ4v) is 2.42. The highest BCUT2D eigenvalue weighted by atomic mass is 31.2. The topological polar surface area (TPSA) is 61.4 Å². The van der Waals surface area contributed by atoms with E-state index in [9.17, 15) is 4.57 Å². The van der Waals surface area contributed by atoms with Crippen molar-refractivity contribution < 1.29 is 18.9 Å². The predicted octanol–water partition coefficient (Wildman–Crippen LogP) is 1.70. The molecule has 4 nitrogen and oxygen atoms in total. The summed E-state index contributed by atoms with van der Waals surface area (Å²) in [5, 5.41) is 0. The van der Waals surface area contributed by atoms with Gasteiger partial charge in [0.1, 0.15) is 0 Å². The molecule has 2 rings (SSSR count). The summed E-state index contributed by atoms with van der Waals surface area (Å²) in [7, 11) is -3.98. The van der Waals surface area contributed by atoms with Crippen molar-refractivity contribution in [2.24, 2.45) is 0 Å². The lowest BCUT2D eigenvalue weighted by Gasteiger charge is -2.03. The zero-order valence-corrected chi connectivity index (χ0v) is 10.7. The van der Waals surface area contributed by atoms with E-state index in [1.54, 1.807) is 12.1 Å². The van der Waals surface area contributed by atoms with Gasteiger partial charge >= 0.3 is 7.60 Å². The second-order valence-corrected chi connectivity index (χ2v) is 5.83. The third-order valence-corrected chi connectivity index (χ3v) is 3.33. The van der Waals surface area contributed by atoms with Crippen LogP contribution in [0.2, 0.25) is 0 Å². The summed E-state index contributed by atoms with van der Waals surface area (Å²) in [6, 6.07) is 13.5. The molecule has 0 saturated heterocycles. The average molecular weight is 264 g/mol. The Morgan fingerprint density at radius 1 is 0.944 bits per heavy atom. The Kier molecular flexibility index (Phi) is 3.92. The molecule has 0 atom stereocenters. The molecule has 2 N–H and O–H groups in total. The lowest BCUT2D eigenvalue weighted by Crippen LogP contribution is -2.33. The highest BCUT2D eigenvalue weighted by Gasteiger charge is 2.14. The third kappa shape index (κ3) is 4.08. The van der Waals surface area contributed by atoms with Crippen molar-refractivity contribution in [2.75, 3.05) is 0 Å². The first kappa shape index (κ1) is 13.0. The van der Waals surface area contributed by atoms with Crippen molar-refractivity contribution in [2.45, 2.75) is 12.7 Å². The Balaban J connectivity index is 2.06. The summed E-state index contributed by atoms with van der Waals surface area (Å²) < 4.78 is 12.8. The van der Waals surface area contributed by atoms with Crippen molar-refractivity contribution in [1.29, 1.82) is 0 Å². The van der Waals surface area contributed by atoms with Crippen LogP contribution in [0.3, 0.4) is 0 Å². The lowest BCUT2D eigenvalue weighted by atomic mass is 10.2. The molecule has 0 aliphatic carbocycles. The molecule has 0 fully saturated rings. The van der Waals surface area contributed by atoms with Crippen LogP contribution in [0.25, 0.3) is 0 Å². The normalized spacial score (nSPS) is 11.4. The molecule has 0 radical (unpaired) electrons. The number of pyridine rings is 1. The van der Waals surface area contributed by atoms with Crippen LogP contribution < -0.4 is 4.57 Å². The fraction of sp³-hybridized carbons (Fsp3) is 0.154. The molecule has 18 heavy (non-hydrogen) atoms. The van der Waals surface area contributed by atoms with Gasteiger partial charge in [-0.3, -0.25) is 4.57 Å². The highest BCUT2D eigenvalue weighted by Crippen LogP contribution is 2.38. The Morgan fingerprint density at radius 3 is 2.11 bits per heavy atom. The van der Waals surface area contributed by atoms with Gasteiger partial charge in [0, 0.05) is 17.7 Å². The molecule has 1 aromatic carbocycles. The van der Waals surface area contributed by atoms with Gasteiger partial charge in [0.2, 0.25) is 0 Å². The Bertz CT molecular complexity index is 548. The highest BCUT2D eigenvalue weighted by molar-refractivity contribution is 7.50. The molecular formula is C13H15NO3P+. The van der Waals surface area contributed by atoms with Gasteiger partial charge in [-0.15, -0.1) is 0 Å². The van der Waals surface area contributed by atoms with E-state index in [0.717, 1.165) is 6.54 Å². The van der Waals surface area contributed by atoms with Gasteiger partial charge in [-0.2, -0.15) is 0 Å². The van der Waals surface area contributed by atoms with Crippen LogP contribution in [0.1, 0.15) is 11.1 Å². The maximum atomic E-state index is 10.9. The Morgan fingerprint density at radius 2 is 1.56 bits per heavy atom. The van der Waals surface area contributed by atoms with E-state index >= 15 is 0 Å². The van der Waals surface area contributed by atoms with E-state index in [0.29, 0.717) is 5.56 Å². The average Bonchev–Trinajstić information content (AvgIpc) is 2.31. The first-order valence-corrected chi connectivity index (χ1v) is 7.39. The van der Waals surface area contributed by atoms with Crippen molar-refractivity contribution in [3.63, 3.8) is 0 Å². The molecule has 2 aromatic rings. The molecule has 0 aliphatic rings. The van der Waals surface area contributed by atoms with Crippen molar-refractivity contribution in [1.82, 2.24) is 0 Å². The van der Waals surface area contributed by atoms with E-state index < -0.39 is 7.60 Å². The van der Waals surface area contributed by atoms with Gasteiger partial charge in [0.25, 0.3) is 0 Å². The molecular weight excluding hydrogens is 249 g/mol. The first-order valence-electron chi connectivity index (χ1n) is 5.59. The van der Waals surface area contributed by atoms with E-state index in [1.807, 2.05) is 47.3 Å². The van der Waals surface area contributed by atoms with E-state index in [4.69, 9.17) is 9.79 Å². The van der Waals surface area contributed by atoms with E-state index in [1.165, 1.54) is 5.56 Å². The molecule has 0 bridgehead atoms. The molecule has 0 unspecified atom stereocenters. The molecule has 0 saturated carbocycles. The quantitative estimate of drug-likeness (QED) is 0.652. The van der Waals surface area contributed by atoms with Gasteiger partial charge in [-0.25, -0.2) is 4.57 Å². The van der Waals surface area contributed by atoms with Crippen LogP contribution in [-0.4, -0.2) is 9.79 Å². The lowest BCUT2D eigenvalue weighted by molar-refractivity contribution is -0.688. The standard InChI is InChI=1S/C13H14NO3P/c15-18(16,17)11-13-6-8-14(9-7-13)10-12-4-2-1-3-5-12/h1-9H,10-11H2,(H-,15,16,17)/p+1. The molecule has 5 heteroatoms. The summed E-state index contributed by atoms with van der Waals surface area (Å²) in [6.45, 7) is 0.747. The van der Waals surface area contributed by atoms with Gasteiger partial charge < -0.3 is 9.79 Å². The summed E-state index contributed by atoms with van der Waals surface area (Å²) in [5.74, 6) is 0. The second kappa shape index (κ2) is 5.44. The Labute approximate surface area is 106 Å². The minimum Gasteiger partial charge on any atom is -0.324 e. The van der Waals surface area contributed by atoms with Crippen molar-refractivity contribution in [3.8, 4) is 0 Å². The summed E-state index contributed by atoms with van der Waals surface area (Å²) in [4.78, 5) is 17.8. The fourth-order valence-electron chi connectivity index (χ4n) is 1.73. The molecule has 1 aromatic heterocycles. The Hall–Kier alpha value is -1.48. The third-order valence-electron chi connectivity index (χ3n) is 2.56. The van der Waals surface area contributed by atoms with Crippen LogP contribution >= 0.6 is 7.60 Å². The molecule has 0 spiro atoms.